The van der Waals surface area contributed by atoms with E-state index in [9.17, 15) is 14.7 Å². The van der Waals surface area contributed by atoms with Gasteiger partial charge in [-0.15, -0.1) is 0 Å². The number of fused-ring (bicyclic) bond motifs is 4. The number of rotatable bonds is 18. The molecule has 2 bridgehead atoms. The molecule has 1 aromatic rings. The van der Waals surface area contributed by atoms with Crippen LogP contribution in [0.2, 0.25) is 0 Å². The van der Waals surface area contributed by atoms with Crippen LogP contribution in [0.4, 0.5) is 0 Å². The highest BCUT2D eigenvalue weighted by atomic mass is 16.8. The predicted molar refractivity (Wildman–Crippen MR) is 185 cm³/mol. The monoisotopic (exact) mass is 713 g/mol. The Labute approximate surface area is 300 Å². The molecule has 4 aliphatic heterocycles. The fraction of sp³-hybridized carbons (Fsp3) is 0.711. The molecular weight excluding hydrogens is 658 g/mol. The topological polar surface area (TPSA) is 156 Å². The normalized spacial score (nSPS) is 30.8. The van der Waals surface area contributed by atoms with Crippen LogP contribution in [0.3, 0.4) is 0 Å². The van der Waals surface area contributed by atoms with Gasteiger partial charge in [-0.05, 0) is 42.9 Å². The summed E-state index contributed by atoms with van der Waals surface area (Å²) in [5.41, 5.74) is 0.261. The molecule has 0 aromatic heterocycles. The van der Waals surface area contributed by atoms with E-state index in [-0.39, 0.29) is 51.1 Å². The third-order valence-electron chi connectivity index (χ3n) is 11.1. The summed E-state index contributed by atoms with van der Waals surface area (Å²) in [5.74, 6) is -2.08. The second-order valence-electron chi connectivity index (χ2n) is 14.5. The molecule has 1 saturated carbocycles. The van der Waals surface area contributed by atoms with Crippen LogP contribution in [0.5, 0.6) is 0 Å². The number of hydrogen-bond acceptors (Lipinski definition) is 11. The first-order chi connectivity index (χ1) is 24.8. The van der Waals surface area contributed by atoms with Gasteiger partial charge in [0.2, 0.25) is 11.8 Å². The quantitative estimate of drug-likeness (QED) is 0.117. The van der Waals surface area contributed by atoms with Gasteiger partial charge in [0.1, 0.15) is 42.5 Å². The molecule has 5 fully saturated rings. The molecule has 6 rings (SSSR count). The number of carbonyl (C=O) groups is 3. The fourth-order valence-corrected chi connectivity index (χ4v) is 8.77. The number of likely N-dealkylation sites (tertiary alicyclic amines) is 1. The van der Waals surface area contributed by atoms with Crippen molar-refractivity contribution in [3.63, 3.8) is 0 Å². The maximum Gasteiger partial charge on any atom is 0.327 e. The molecule has 4 heterocycles. The summed E-state index contributed by atoms with van der Waals surface area (Å²) >= 11 is 0. The van der Waals surface area contributed by atoms with E-state index in [4.69, 9.17) is 28.9 Å². The number of hydrogen-bond donors (Lipinski definition) is 3. The molecule has 4 saturated heterocycles. The van der Waals surface area contributed by atoms with Crippen molar-refractivity contribution in [2.45, 2.75) is 133 Å². The van der Waals surface area contributed by atoms with Crippen molar-refractivity contribution in [1.29, 1.82) is 0 Å². The molecule has 1 aromatic carbocycles. The van der Waals surface area contributed by atoms with Gasteiger partial charge in [0.05, 0.1) is 26.0 Å². The molecule has 2 amide bonds. The highest BCUT2D eigenvalue weighted by Crippen LogP contribution is 2.59. The second kappa shape index (κ2) is 16.7. The average Bonchev–Trinajstić information content (AvgIpc) is 3.86. The number of nitrogens with one attached hydrogen (secondary N) is 1. The minimum atomic E-state index is -1.39. The molecule has 3 N–H and O–H groups in total. The first-order valence-corrected chi connectivity index (χ1v) is 19.0. The molecule has 7 atom stereocenters. The van der Waals surface area contributed by atoms with Crippen LogP contribution >= 0.6 is 0 Å². The zero-order valence-corrected chi connectivity index (χ0v) is 30.0. The number of unbranched alkanes of at least 4 members (excludes halogenated alkanes) is 4. The number of carbonyl (C=O) groups excluding carboxylic acids is 3. The summed E-state index contributed by atoms with van der Waals surface area (Å²) in [6.45, 7) is 4.77. The Morgan fingerprint density at radius 3 is 2.51 bits per heavy atom. The van der Waals surface area contributed by atoms with Crippen LogP contribution in [0.25, 0.3) is 6.08 Å². The Morgan fingerprint density at radius 1 is 1.04 bits per heavy atom. The molecule has 51 heavy (non-hydrogen) atoms. The van der Waals surface area contributed by atoms with Gasteiger partial charge in [-0.3, -0.25) is 19.2 Å². The van der Waals surface area contributed by atoms with Gasteiger partial charge in [0.25, 0.3) is 0 Å². The molecule has 282 valence electrons. The fourth-order valence-electron chi connectivity index (χ4n) is 8.77. The number of hydroxylamine groups is 2. The molecule has 13 nitrogen and oxygen atoms in total. The third-order valence-corrected chi connectivity index (χ3v) is 11.1. The minimum absolute atomic E-state index is 0.0883. The van der Waals surface area contributed by atoms with Gasteiger partial charge in [0.15, 0.2) is 11.8 Å². The molecule has 1 aliphatic carbocycles. The first-order valence-electron chi connectivity index (χ1n) is 19.0. The lowest BCUT2D eigenvalue weighted by Gasteiger charge is -2.50. The van der Waals surface area contributed by atoms with E-state index in [0.717, 1.165) is 49.7 Å². The van der Waals surface area contributed by atoms with Crippen molar-refractivity contribution >= 4 is 23.9 Å². The van der Waals surface area contributed by atoms with E-state index >= 15 is 4.79 Å². The van der Waals surface area contributed by atoms with Gasteiger partial charge >= 0.3 is 5.97 Å². The summed E-state index contributed by atoms with van der Waals surface area (Å²) in [6, 6.07) is 5.81. The van der Waals surface area contributed by atoms with Crippen LogP contribution in [0.15, 0.2) is 30.5 Å². The van der Waals surface area contributed by atoms with Crippen molar-refractivity contribution < 1.29 is 48.4 Å². The van der Waals surface area contributed by atoms with Gasteiger partial charge in [0, 0.05) is 32.4 Å². The molecule has 0 spiro atoms. The first kappa shape index (κ1) is 37.7. The maximum absolute atomic E-state index is 15.2. The lowest BCUT2D eigenvalue weighted by molar-refractivity contribution is -0.225. The van der Waals surface area contributed by atoms with E-state index in [0.29, 0.717) is 32.2 Å². The van der Waals surface area contributed by atoms with E-state index in [1.807, 2.05) is 24.3 Å². The Hall–Kier alpha value is -3.07. The van der Waals surface area contributed by atoms with Crippen molar-refractivity contribution in [3.8, 4) is 0 Å². The van der Waals surface area contributed by atoms with E-state index in [1.54, 1.807) is 16.0 Å². The summed E-state index contributed by atoms with van der Waals surface area (Å²) in [7, 11) is 0. The number of nitrogens with zero attached hydrogens (tertiary/aromatic N) is 2. The smallest absolute Gasteiger partial charge is 0.327 e. The van der Waals surface area contributed by atoms with E-state index < -0.39 is 53.7 Å². The van der Waals surface area contributed by atoms with E-state index in [2.05, 4.69) is 19.2 Å². The summed E-state index contributed by atoms with van der Waals surface area (Å²) < 4.78 is 25.5. The number of aliphatic hydroxyl groups is 2. The molecule has 13 heteroatoms. The van der Waals surface area contributed by atoms with Crippen LogP contribution in [-0.2, 0) is 44.7 Å². The SMILES string of the molecule is CCCCCC1(CCCCC)O[C@@H]2[C@H]3ON(Cc4ccccc4C=COCCO)[C@H]4C(=O)OC(CC34C(=O)N3CCC[C@@H]3C(=O)NCCO)[C@@H]2O1. The van der Waals surface area contributed by atoms with Crippen LogP contribution in [-0.4, -0.2) is 113 Å². The van der Waals surface area contributed by atoms with Crippen molar-refractivity contribution in [1.82, 2.24) is 15.3 Å². The van der Waals surface area contributed by atoms with Gasteiger partial charge < -0.3 is 39.4 Å². The Balaban J connectivity index is 1.38. The van der Waals surface area contributed by atoms with E-state index in [1.165, 1.54) is 6.26 Å². The number of amides is 2. The van der Waals surface area contributed by atoms with Gasteiger partial charge in [-0.1, -0.05) is 63.8 Å². The second-order valence-corrected chi connectivity index (χ2v) is 14.5. The molecular formula is C38H55N3O10. The third kappa shape index (κ3) is 7.43. The number of benzene rings is 1. The highest BCUT2D eigenvalue weighted by molar-refractivity contribution is 5.96. The maximum atomic E-state index is 15.2. The number of ether oxygens (including phenoxy) is 4. The van der Waals surface area contributed by atoms with Crippen molar-refractivity contribution in [2.24, 2.45) is 5.41 Å². The Bertz CT molecular complexity index is 1400. The standard InChI is InChI=1S/C38H55N3O10/c1-3-5-9-16-37(17-10-6-4-2)49-30-29-24-38(36(46)40-19-11-14-28(40)34(44)39-18-20-42)32(35(45)48-29)41(51-33(38)31(30)50-37)25-27-13-8-7-12-26(27)15-22-47-23-21-43/h7-8,12-13,15,22,28-33,42-43H,3-6,9-11,14,16-21,23-25H2,1-2H3,(H,39,44)/t28-,29?,30+,31+,32+,33-,38?/m1/s1. The lowest BCUT2D eigenvalue weighted by atomic mass is 9.62. The largest absolute Gasteiger partial charge is 0.499 e. The Morgan fingerprint density at radius 2 is 1.78 bits per heavy atom. The van der Waals surface area contributed by atoms with Gasteiger partial charge in [-0.25, -0.2) is 0 Å². The van der Waals surface area contributed by atoms with Crippen molar-refractivity contribution in [2.75, 3.05) is 32.9 Å². The lowest BCUT2D eigenvalue weighted by Crippen LogP contribution is -2.70. The summed E-state index contributed by atoms with van der Waals surface area (Å²) in [4.78, 5) is 51.2. The Kier molecular flexibility index (Phi) is 12.4. The summed E-state index contributed by atoms with van der Waals surface area (Å²) in [5, 5.41) is 22.8. The van der Waals surface area contributed by atoms with Crippen molar-refractivity contribution in [3.05, 3.63) is 41.7 Å². The van der Waals surface area contributed by atoms with Crippen LogP contribution < -0.4 is 5.32 Å². The average molecular weight is 714 g/mol. The summed E-state index contributed by atoms with van der Waals surface area (Å²) in [6.07, 6.45) is 9.11. The highest BCUT2D eigenvalue weighted by Gasteiger charge is 2.77. The number of esters is 1. The molecule has 5 aliphatic rings. The zero-order valence-electron chi connectivity index (χ0n) is 30.0. The number of aliphatic hydroxyl groups excluding tert-OH is 2. The van der Waals surface area contributed by atoms with Crippen LogP contribution in [0, 0.1) is 5.41 Å². The van der Waals surface area contributed by atoms with Crippen LogP contribution in [0.1, 0.15) is 95.6 Å². The zero-order chi connectivity index (χ0) is 36.0. The molecule has 0 radical (unpaired) electrons. The minimum Gasteiger partial charge on any atom is -0.499 e. The predicted octanol–water partition coefficient (Wildman–Crippen LogP) is 3.21. The van der Waals surface area contributed by atoms with Gasteiger partial charge in [-0.2, -0.15) is 5.06 Å². The molecule has 2 unspecified atom stereocenters.